The lowest BCUT2D eigenvalue weighted by Gasteiger charge is -2.37. The molecule has 2 aliphatic rings. The quantitative estimate of drug-likeness (QED) is 0.699. The number of para-hydroxylation sites is 1. The van der Waals surface area contributed by atoms with E-state index < -0.39 is 5.60 Å². The van der Waals surface area contributed by atoms with Crippen LogP contribution in [0.2, 0.25) is 0 Å². The molecule has 3 heterocycles. The Morgan fingerprint density at radius 3 is 2.67 bits per heavy atom. The van der Waals surface area contributed by atoms with Crippen molar-refractivity contribution < 1.29 is 19.1 Å². The summed E-state index contributed by atoms with van der Waals surface area (Å²) < 4.78 is 13.2. The fourth-order valence-corrected chi connectivity index (χ4v) is 4.10. The Morgan fingerprint density at radius 1 is 1.17 bits per heavy atom. The lowest BCUT2D eigenvalue weighted by atomic mass is 9.91. The largest absolute Gasteiger partial charge is 0.492 e. The molecule has 0 saturated carbocycles. The zero-order valence-electron chi connectivity index (χ0n) is 17.3. The molecule has 30 heavy (non-hydrogen) atoms. The number of rotatable bonds is 7. The number of aromatic nitrogens is 2. The number of aryl methyl sites for hydroxylation is 1. The summed E-state index contributed by atoms with van der Waals surface area (Å²) in [5.74, 6) is 0.780. The smallest absolute Gasteiger partial charge is 0.410 e. The van der Waals surface area contributed by atoms with Crippen molar-refractivity contribution in [1.82, 2.24) is 19.6 Å². The topological polar surface area (TPSA) is 76.9 Å². The molecule has 8 heteroatoms. The molecule has 2 aliphatic heterocycles. The monoisotopic (exact) mass is 412 g/mol. The highest BCUT2D eigenvalue weighted by Crippen LogP contribution is 2.33. The van der Waals surface area contributed by atoms with Gasteiger partial charge in [0.25, 0.3) is 5.91 Å². The molecule has 0 radical (unpaired) electrons. The summed E-state index contributed by atoms with van der Waals surface area (Å²) >= 11 is 0. The molecule has 0 unspecified atom stereocenters. The maximum absolute atomic E-state index is 12.9. The molecule has 4 rings (SSSR count). The molecule has 2 aromatic rings. The Bertz CT molecular complexity index is 874. The van der Waals surface area contributed by atoms with Gasteiger partial charge < -0.3 is 19.3 Å². The normalized spacial score (nSPS) is 18.0. The first-order valence-electron chi connectivity index (χ1n) is 10.6. The van der Waals surface area contributed by atoms with Crippen LogP contribution in [-0.2, 0) is 11.3 Å². The minimum atomic E-state index is -0.510. The summed E-state index contributed by atoms with van der Waals surface area (Å²) in [5.41, 5.74) is 0.112. The zero-order valence-corrected chi connectivity index (χ0v) is 17.3. The second kappa shape index (κ2) is 8.77. The van der Waals surface area contributed by atoms with Crippen molar-refractivity contribution in [2.24, 2.45) is 0 Å². The van der Waals surface area contributed by atoms with Crippen LogP contribution in [0.1, 0.15) is 36.7 Å². The first-order chi connectivity index (χ1) is 14.6. The molecular weight excluding hydrogens is 384 g/mol. The number of ether oxygens (including phenoxy) is 2. The van der Waals surface area contributed by atoms with E-state index in [0.717, 1.165) is 18.7 Å². The van der Waals surface area contributed by atoms with Crippen LogP contribution < -0.4 is 4.74 Å². The third kappa shape index (κ3) is 4.27. The third-order valence-electron chi connectivity index (χ3n) is 5.75. The molecule has 1 aromatic heterocycles. The van der Waals surface area contributed by atoms with E-state index in [-0.39, 0.29) is 12.0 Å². The highest BCUT2D eigenvalue weighted by atomic mass is 16.6. The van der Waals surface area contributed by atoms with Crippen molar-refractivity contribution in [3.8, 4) is 5.75 Å². The van der Waals surface area contributed by atoms with Gasteiger partial charge in [-0.1, -0.05) is 25.1 Å². The predicted molar refractivity (Wildman–Crippen MR) is 110 cm³/mol. The van der Waals surface area contributed by atoms with Crippen molar-refractivity contribution in [2.75, 3.05) is 32.8 Å². The average Bonchev–Trinajstić information content (AvgIpc) is 3.34. The second-order valence-electron chi connectivity index (χ2n) is 7.87. The second-order valence-corrected chi connectivity index (χ2v) is 7.87. The van der Waals surface area contributed by atoms with Crippen LogP contribution in [0.3, 0.4) is 0 Å². The maximum Gasteiger partial charge on any atom is 0.410 e. The summed E-state index contributed by atoms with van der Waals surface area (Å²) in [6.07, 6.45) is 3.57. The van der Waals surface area contributed by atoms with Gasteiger partial charge >= 0.3 is 6.09 Å². The summed E-state index contributed by atoms with van der Waals surface area (Å²) in [6, 6.07) is 11.3. The lowest BCUT2D eigenvalue weighted by Crippen LogP contribution is -2.49. The highest BCUT2D eigenvalue weighted by molar-refractivity contribution is 5.92. The number of hydrogen-bond donors (Lipinski definition) is 0. The van der Waals surface area contributed by atoms with Gasteiger partial charge in [-0.25, -0.2) is 4.79 Å². The Labute approximate surface area is 176 Å². The summed E-state index contributed by atoms with van der Waals surface area (Å²) in [5, 5.41) is 4.24. The molecular formula is C22H28N4O4. The Kier molecular flexibility index (Phi) is 5.92. The number of amides is 2. The molecule has 2 fully saturated rings. The number of carbonyl (C=O) groups is 2. The first-order valence-corrected chi connectivity index (χ1v) is 10.6. The van der Waals surface area contributed by atoms with E-state index in [0.29, 0.717) is 51.3 Å². The van der Waals surface area contributed by atoms with Gasteiger partial charge in [0.1, 0.15) is 23.7 Å². The van der Waals surface area contributed by atoms with E-state index in [4.69, 9.17) is 9.47 Å². The molecule has 0 bridgehead atoms. The van der Waals surface area contributed by atoms with Crippen molar-refractivity contribution in [3.63, 3.8) is 0 Å². The van der Waals surface area contributed by atoms with E-state index >= 15 is 0 Å². The SMILES string of the molecule is CCCn1nccc1C(=O)N1CCC2(CC1)CN(CCOc1ccccc1)C(=O)O2. The standard InChI is InChI=1S/C22H28N4O4/c1-2-12-26-19(8-11-23-26)20(27)24-13-9-22(10-14-24)17-25(21(28)30-22)15-16-29-18-6-4-3-5-7-18/h3-8,11H,2,9-10,12-17H2,1H3. The van der Waals surface area contributed by atoms with Crippen LogP contribution in [0.4, 0.5) is 4.79 Å². The maximum atomic E-state index is 12.9. The fraction of sp³-hybridized carbons (Fsp3) is 0.500. The molecule has 160 valence electrons. The molecule has 2 saturated heterocycles. The molecule has 8 nitrogen and oxygen atoms in total. The van der Waals surface area contributed by atoms with Crippen LogP contribution in [0.15, 0.2) is 42.6 Å². The Morgan fingerprint density at radius 2 is 1.93 bits per heavy atom. The molecule has 2 amide bonds. The minimum absolute atomic E-state index is 0.00626. The van der Waals surface area contributed by atoms with Crippen molar-refractivity contribution in [3.05, 3.63) is 48.3 Å². The lowest BCUT2D eigenvalue weighted by molar-refractivity contribution is 0.00279. The van der Waals surface area contributed by atoms with Gasteiger partial charge in [0.15, 0.2) is 0 Å². The zero-order chi connectivity index (χ0) is 21.0. The number of hydrogen-bond acceptors (Lipinski definition) is 5. The fourth-order valence-electron chi connectivity index (χ4n) is 4.10. The number of piperidine rings is 1. The van der Waals surface area contributed by atoms with E-state index in [1.54, 1.807) is 21.8 Å². The first kappa shape index (κ1) is 20.3. The van der Waals surface area contributed by atoms with Crippen LogP contribution in [-0.4, -0.2) is 70.0 Å². The summed E-state index contributed by atoms with van der Waals surface area (Å²) in [6.45, 7) is 5.36. The highest BCUT2D eigenvalue weighted by Gasteiger charge is 2.47. The van der Waals surface area contributed by atoms with E-state index in [2.05, 4.69) is 12.0 Å². The van der Waals surface area contributed by atoms with Crippen LogP contribution in [0, 0.1) is 0 Å². The van der Waals surface area contributed by atoms with E-state index in [1.165, 1.54) is 0 Å². The van der Waals surface area contributed by atoms with Crippen LogP contribution in [0.5, 0.6) is 5.75 Å². The third-order valence-corrected chi connectivity index (χ3v) is 5.75. The van der Waals surface area contributed by atoms with Crippen molar-refractivity contribution in [1.29, 1.82) is 0 Å². The average molecular weight is 412 g/mol. The van der Waals surface area contributed by atoms with Crippen LogP contribution >= 0.6 is 0 Å². The predicted octanol–water partition coefficient (Wildman–Crippen LogP) is 2.80. The van der Waals surface area contributed by atoms with Gasteiger partial charge in [0, 0.05) is 38.7 Å². The molecule has 0 N–H and O–H groups in total. The summed E-state index contributed by atoms with van der Waals surface area (Å²) in [7, 11) is 0. The van der Waals surface area contributed by atoms with Gasteiger partial charge in [0.05, 0.1) is 13.1 Å². The number of nitrogens with zero attached hydrogens (tertiary/aromatic N) is 4. The van der Waals surface area contributed by atoms with E-state index in [9.17, 15) is 9.59 Å². The van der Waals surface area contributed by atoms with Gasteiger partial charge in [-0.2, -0.15) is 5.10 Å². The van der Waals surface area contributed by atoms with Gasteiger partial charge in [-0.05, 0) is 24.6 Å². The van der Waals surface area contributed by atoms with Gasteiger partial charge in [-0.3, -0.25) is 9.48 Å². The van der Waals surface area contributed by atoms with Gasteiger partial charge in [0.2, 0.25) is 0 Å². The Hall–Kier alpha value is -3.03. The molecule has 0 aliphatic carbocycles. The molecule has 1 aromatic carbocycles. The van der Waals surface area contributed by atoms with Crippen molar-refractivity contribution >= 4 is 12.0 Å². The molecule has 1 spiro atoms. The van der Waals surface area contributed by atoms with Crippen LogP contribution in [0.25, 0.3) is 0 Å². The summed E-state index contributed by atoms with van der Waals surface area (Å²) in [4.78, 5) is 28.8. The minimum Gasteiger partial charge on any atom is -0.492 e. The number of benzene rings is 1. The van der Waals surface area contributed by atoms with Gasteiger partial charge in [-0.15, -0.1) is 0 Å². The molecule has 0 atom stereocenters. The number of carbonyl (C=O) groups excluding carboxylic acids is 2. The van der Waals surface area contributed by atoms with Crippen molar-refractivity contribution in [2.45, 2.75) is 38.3 Å². The Balaban J connectivity index is 1.29. The number of likely N-dealkylation sites (tertiary alicyclic amines) is 1. The van der Waals surface area contributed by atoms with E-state index in [1.807, 2.05) is 35.2 Å².